The van der Waals surface area contributed by atoms with Gasteiger partial charge >= 0.3 is 0 Å². The molecule has 0 amide bonds. The third kappa shape index (κ3) is 2.84. The minimum Gasteiger partial charge on any atom is -0.355 e. The van der Waals surface area contributed by atoms with Gasteiger partial charge in [0, 0.05) is 10.2 Å². The summed E-state index contributed by atoms with van der Waals surface area (Å²) >= 11 is 9.48. The molecule has 0 aliphatic carbocycles. The molecule has 0 unspecified atom stereocenters. The molecule has 2 aromatic rings. The Morgan fingerprint density at radius 2 is 2.00 bits per heavy atom. The van der Waals surface area contributed by atoms with Crippen LogP contribution in [0.2, 0.25) is 5.02 Å². The maximum absolute atomic E-state index is 8.82. The molecular formula is C14H10BrClN2. The highest BCUT2D eigenvalue weighted by Gasteiger charge is 2.04. The van der Waals surface area contributed by atoms with Crippen LogP contribution in [0, 0.1) is 18.3 Å². The summed E-state index contributed by atoms with van der Waals surface area (Å²) in [5.41, 5.74) is 3.46. The summed E-state index contributed by atoms with van der Waals surface area (Å²) in [5.74, 6) is 0. The van der Waals surface area contributed by atoms with Crippen molar-refractivity contribution >= 4 is 38.9 Å². The highest BCUT2D eigenvalue weighted by molar-refractivity contribution is 9.10. The smallest absolute Gasteiger partial charge is 0.101 e. The zero-order valence-corrected chi connectivity index (χ0v) is 12.0. The number of hydrogen-bond donors (Lipinski definition) is 1. The first-order chi connectivity index (χ1) is 8.60. The molecule has 18 heavy (non-hydrogen) atoms. The second kappa shape index (κ2) is 5.43. The molecule has 2 rings (SSSR count). The molecule has 4 heteroatoms. The average Bonchev–Trinajstić information content (AvgIpc) is 2.34. The molecule has 0 bridgehead atoms. The normalized spacial score (nSPS) is 9.89. The fourth-order valence-electron chi connectivity index (χ4n) is 1.57. The molecule has 2 aromatic carbocycles. The van der Waals surface area contributed by atoms with Gasteiger partial charge in [0.25, 0.3) is 0 Å². The van der Waals surface area contributed by atoms with E-state index in [-0.39, 0.29) is 0 Å². The first-order valence-electron chi connectivity index (χ1n) is 5.33. The lowest BCUT2D eigenvalue weighted by Gasteiger charge is -2.10. The molecule has 2 nitrogen and oxygen atoms in total. The topological polar surface area (TPSA) is 35.8 Å². The van der Waals surface area contributed by atoms with Crippen molar-refractivity contribution in [2.75, 3.05) is 5.32 Å². The van der Waals surface area contributed by atoms with E-state index in [0.29, 0.717) is 10.6 Å². The van der Waals surface area contributed by atoms with Crippen molar-refractivity contribution in [1.82, 2.24) is 0 Å². The standard InChI is InChI=1S/C14H10BrClN2/c1-9-2-5-12(15)14(6-9)18-11-4-3-10(8-17)13(16)7-11/h2-7,18H,1H3. The van der Waals surface area contributed by atoms with Gasteiger partial charge in [-0.3, -0.25) is 0 Å². The van der Waals surface area contributed by atoms with Gasteiger partial charge < -0.3 is 5.32 Å². The number of halogens is 2. The minimum atomic E-state index is 0.450. The van der Waals surface area contributed by atoms with Crippen LogP contribution in [0.4, 0.5) is 11.4 Å². The van der Waals surface area contributed by atoms with Crippen LogP contribution in [0.15, 0.2) is 40.9 Å². The highest BCUT2D eigenvalue weighted by atomic mass is 79.9. The number of nitrogens with one attached hydrogen (secondary N) is 1. The Bertz CT molecular complexity index is 632. The van der Waals surface area contributed by atoms with Crippen molar-refractivity contribution in [3.63, 3.8) is 0 Å². The maximum Gasteiger partial charge on any atom is 0.101 e. The van der Waals surface area contributed by atoms with E-state index < -0.39 is 0 Å². The van der Waals surface area contributed by atoms with Crippen molar-refractivity contribution in [2.24, 2.45) is 0 Å². The van der Waals surface area contributed by atoms with Crippen molar-refractivity contribution in [2.45, 2.75) is 6.92 Å². The van der Waals surface area contributed by atoms with Gasteiger partial charge in [0.2, 0.25) is 0 Å². The molecule has 0 fully saturated rings. The van der Waals surface area contributed by atoms with E-state index in [2.05, 4.69) is 21.2 Å². The maximum atomic E-state index is 8.82. The van der Waals surface area contributed by atoms with Crippen LogP contribution < -0.4 is 5.32 Å². The van der Waals surface area contributed by atoms with Crippen molar-refractivity contribution < 1.29 is 0 Å². The van der Waals surface area contributed by atoms with Crippen LogP contribution in [-0.2, 0) is 0 Å². The van der Waals surface area contributed by atoms with Crippen molar-refractivity contribution in [3.05, 3.63) is 57.0 Å². The number of anilines is 2. The lowest BCUT2D eigenvalue weighted by atomic mass is 10.2. The molecule has 0 heterocycles. The van der Waals surface area contributed by atoms with Crippen LogP contribution in [0.3, 0.4) is 0 Å². The Kier molecular flexibility index (Phi) is 3.90. The molecule has 0 aliphatic heterocycles. The molecular weight excluding hydrogens is 312 g/mol. The molecule has 0 saturated heterocycles. The number of hydrogen-bond acceptors (Lipinski definition) is 2. The minimum absolute atomic E-state index is 0.450. The van der Waals surface area contributed by atoms with Crippen LogP contribution in [-0.4, -0.2) is 0 Å². The third-order valence-corrected chi connectivity index (χ3v) is 3.49. The molecule has 1 N–H and O–H groups in total. The van der Waals surface area contributed by atoms with E-state index in [9.17, 15) is 0 Å². The molecule has 0 aliphatic rings. The zero-order valence-electron chi connectivity index (χ0n) is 9.67. The van der Waals surface area contributed by atoms with E-state index in [4.69, 9.17) is 16.9 Å². The van der Waals surface area contributed by atoms with E-state index >= 15 is 0 Å². The number of nitriles is 1. The quantitative estimate of drug-likeness (QED) is 0.842. The molecule has 0 spiro atoms. The number of aryl methyl sites for hydroxylation is 1. The number of benzene rings is 2. The van der Waals surface area contributed by atoms with E-state index in [1.54, 1.807) is 12.1 Å². The molecule has 0 saturated carbocycles. The van der Waals surface area contributed by atoms with Gasteiger partial charge in [-0.05, 0) is 58.7 Å². The van der Waals surface area contributed by atoms with E-state index in [1.807, 2.05) is 37.3 Å². The summed E-state index contributed by atoms with van der Waals surface area (Å²) in [6, 6.07) is 13.4. The Balaban J connectivity index is 2.32. The SMILES string of the molecule is Cc1ccc(Br)c(Nc2ccc(C#N)c(Cl)c2)c1. The van der Waals surface area contributed by atoms with Gasteiger partial charge in [-0.1, -0.05) is 17.7 Å². The predicted molar refractivity (Wildman–Crippen MR) is 78.3 cm³/mol. The first-order valence-corrected chi connectivity index (χ1v) is 6.50. The van der Waals surface area contributed by atoms with Gasteiger partial charge in [0.1, 0.15) is 6.07 Å². The molecule has 0 atom stereocenters. The third-order valence-electron chi connectivity index (χ3n) is 2.49. The molecule has 90 valence electrons. The van der Waals surface area contributed by atoms with Crippen LogP contribution in [0.1, 0.15) is 11.1 Å². The zero-order chi connectivity index (χ0) is 13.1. The Morgan fingerprint density at radius 3 is 2.67 bits per heavy atom. The fourth-order valence-corrected chi connectivity index (χ4v) is 2.14. The summed E-state index contributed by atoms with van der Waals surface area (Å²) in [6.07, 6.45) is 0. The summed E-state index contributed by atoms with van der Waals surface area (Å²) in [4.78, 5) is 0. The van der Waals surface area contributed by atoms with Crippen molar-refractivity contribution in [1.29, 1.82) is 5.26 Å². The first kappa shape index (κ1) is 12.9. The Hall–Kier alpha value is -1.50. The predicted octanol–water partition coefficient (Wildman–Crippen LogP) is 5.03. The summed E-state index contributed by atoms with van der Waals surface area (Å²) in [5, 5.41) is 12.5. The number of rotatable bonds is 2. The lowest BCUT2D eigenvalue weighted by Crippen LogP contribution is -1.92. The van der Waals surface area contributed by atoms with Crippen LogP contribution in [0.5, 0.6) is 0 Å². The summed E-state index contributed by atoms with van der Waals surface area (Å²) < 4.78 is 0.980. The second-order valence-corrected chi connectivity index (χ2v) is 5.18. The molecule has 0 radical (unpaired) electrons. The Morgan fingerprint density at radius 1 is 1.22 bits per heavy atom. The highest BCUT2D eigenvalue weighted by Crippen LogP contribution is 2.28. The monoisotopic (exact) mass is 320 g/mol. The van der Waals surface area contributed by atoms with E-state index in [0.717, 1.165) is 15.8 Å². The van der Waals surface area contributed by atoms with Crippen LogP contribution in [0.25, 0.3) is 0 Å². The van der Waals surface area contributed by atoms with Crippen molar-refractivity contribution in [3.8, 4) is 6.07 Å². The summed E-state index contributed by atoms with van der Waals surface area (Å²) in [6.45, 7) is 2.03. The summed E-state index contributed by atoms with van der Waals surface area (Å²) in [7, 11) is 0. The van der Waals surface area contributed by atoms with Crippen LogP contribution >= 0.6 is 27.5 Å². The van der Waals surface area contributed by atoms with Gasteiger partial charge in [-0.2, -0.15) is 5.26 Å². The van der Waals surface area contributed by atoms with Gasteiger partial charge in [-0.25, -0.2) is 0 Å². The van der Waals surface area contributed by atoms with Gasteiger partial charge in [0.05, 0.1) is 16.3 Å². The second-order valence-electron chi connectivity index (χ2n) is 3.91. The van der Waals surface area contributed by atoms with E-state index in [1.165, 1.54) is 5.56 Å². The van der Waals surface area contributed by atoms with Gasteiger partial charge in [-0.15, -0.1) is 0 Å². The average molecular weight is 322 g/mol. The number of nitrogens with zero attached hydrogens (tertiary/aromatic N) is 1. The largest absolute Gasteiger partial charge is 0.355 e. The van der Waals surface area contributed by atoms with Gasteiger partial charge in [0.15, 0.2) is 0 Å². The Labute approximate surface area is 119 Å². The molecule has 0 aromatic heterocycles. The fraction of sp³-hybridized carbons (Fsp3) is 0.0714. The lowest BCUT2D eigenvalue weighted by molar-refractivity contribution is 1.43.